The first-order valence-electron chi connectivity index (χ1n) is 31.5. The van der Waals surface area contributed by atoms with Crippen LogP contribution >= 0.6 is 0 Å². The van der Waals surface area contributed by atoms with Crippen LogP contribution in [0, 0.1) is 0 Å². The highest BCUT2D eigenvalue weighted by Crippen LogP contribution is 2.15. The Morgan fingerprint density at radius 3 is 0.816 bits per heavy atom. The Morgan fingerprint density at radius 1 is 0.276 bits per heavy atom. The number of unbranched alkanes of at least 4 members (excludes halogenated alkanes) is 25. The summed E-state index contributed by atoms with van der Waals surface area (Å²) in [4.78, 5) is 38.2. The van der Waals surface area contributed by atoms with Crippen LogP contribution < -0.4 is 0 Å². The molecule has 76 heavy (non-hydrogen) atoms. The normalized spacial score (nSPS) is 12.9. The Labute approximate surface area is 469 Å². The van der Waals surface area contributed by atoms with Gasteiger partial charge in [-0.2, -0.15) is 0 Å². The Kier molecular flexibility index (Phi) is 59.9. The number of rotatable bonds is 56. The van der Waals surface area contributed by atoms with Gasteiger partial charge in [-0.3, -0.25) is 14.4 Å². The molecule has 6 heteroatoms. The third kappa shape index (κ3) is 60.7. The zero-order valence-electron chi connectivity index (χ0n) is 49.5. The number of hydrogen-bond donors (Lipinski definition) is 0. The van der Waals surface area contributed by atoms with Gasteiger partial charge in [-0.1, -0.05) is 251 Å². The summed E-state index contributed by atoms with van der Waals surface area (Å²) in [6.07, 6.45) is 87.7. The van der Waals surface area contributed by atoms with E-state index >= 15 is 0 Å². The van der Waals surface area contributed by atoms with E-state index in [9.17, 15) is 14.4 Å². The first-order chi connectivity index (χ1) is 37.5. The SMILES string of the molecule is CC/C=C\C/C=C\C/C=C\C/C=C\C/C=C\C/C=C\C/C=C\CCCCCCCCCC(=O)OCC(COC(=O)CCCCCCC/C=C\CCCCC)OC(=O)CCCCCCCCC/C=C\C/C=C\CCCCC. The van der Waals surface area contributed by atoms with Crippen LogP contribution in [0.5, 0.6) is 0 Å². The van der Waals surface area contributed by atoms with E-state index in [1.54, 1.807) is 0 Å². The molecule has 0 aromatic rings. The molecule has 432 valence electrons. The van der Waals surface area contributed by atoms with E-state index in [1.807, 2.05) is 0 Å². The summed E-state index contributed by atoms with van der Waals surface area (Å²) in [5, 5.41) is 0. The van der Waals surface area contributed by atoms with Crippen LogP contribution in [0.2, 0.25) is 0 Å². The van der Waals surface area contributed by atoms with Crippen molar-refractivity contribution in [3.8, 4) is 0 Å². The van der Waals surface area contributed by atoms with Crippen LogP contribution in [0.15, 0.2) is 122 Å². The summed E-state index contributed by atoms with van der Waals surface area (Å²) in [7, 11) is 0. The van der Waals surface area contributed by atoms with Gasteiger partial charge in [0.1, 0.15) is 13.2 Å². The van der Waals surface area contributed by atoms with Crippen molar-refractivity contribution < 1.29 is 28.6 Å². The summed E-state index contributed by atoms with van der Waals surface area (Å²) in [5.74, 6) is -0.916. The third-order valence-corrected chi connectivity index (χ3v) is 13.2. The van der Waals surface area contributed by atoms with Gasteiger partial charge in [-0.05, 0) is 135 Å². The van der Waals surface area contributed by atoms with Crippen molar-refractivity contribution in [3.05, 3.63) is 122 Å². The fourth-order valence-corrected chi connectivity index (χ4v) is 8.45. The van der Waals surface area contributed by atoms with Crippen LogP contribution in [0.4, 0.5) is 0 Å². The lowest BCUT2D eigenvalue weighted by molar-refractivity contribution is -0.167. The molecule has 0 aromatic carbocycles. The molecule has 0 aliphatic heterocycles. The molecule has 0 heterocycles. The van der Waals surface area contributed by atoms with E-state index in [0.29, 0.717) is 19.3 Å². The summed E-state index contributed by atoms with van der Waals surface area (Å²) in [5.41, 5.74) is 0. The quantitative estimate of drug-likeness (QED) is 0.0261. The number of carbonyl (C=O) groups excluding carboxylic acids is 3. The molecule has 0 radical (unpaired) electrons. The zero-order chi connectivity index (χ0) is 55.0. The van der Waals surface area contributed by atoms with Gasteiger partial charge < -0.3 is 14.2 Å². The second-order valence-corrected chi connectivity index (χ2v) is 20.6. The van der Waals surface area contributed by atoms with Crippen molar-refractivity contribution in [1.82, 2.24) is 0 Å². The highest BCUT2D eigenvalue weighted by Gasteiger charge is 2.19. The number of esters is 3. The van der Waals surface area contributed by atoms with Crippen LogP contribution in [-0.4, -0.2) is 37.2 Å². The zero-order valence-corrected chi connectivity index (χ0v) is 49.5. The molecule has 1 unspecified atom stereocenters. The Bertz CT molecular complexity index is 1590. The van der Waals surface area contributed by atoms with Gasteiger partial charge in [-0.15, -0.1) is 0 Å². The standard InChI is InChI=1S/C70H116O6/c1-4-7-10-13-16-19-22-25-27-29-30-31-32-33-34-35-36-37-38-39-40-42-43-45-48-51-54-57-60-63-69(72)75-66-67(65-74-68(71)62-59-56-53-50-47-24-21-18-15-12-9-6-3)76-70(73)64-61-58-55-52-49-46-44-41-28-26-23-20-17-14-11-8-5-2/h7,10,16-21,25-28,30-31,33-34,36-37,39-40,67H,4-6,8-9,11-15,22-24,29,32,35,38,41-66H2,1-3H3/b10-7-,19-16-,20-17-,21-18-,27-25-,28-26-,31-30-,34-33-,37-36-,40-39-. The topological polar surface area (TPSA) is 78.9 Å². The summed E-state index contributed by atoms with van der Waals surface area (Å²) >= 11 is 0. The number of ether oxygens (including phenoxy) is 3. The molecule has 0 rings (SSSR count). The molecule has 0 saturated carbocycles. The van der Waals surface area contributed by atoms with Crippen LogP contribution in [-0.2, 0) is 28.6 Å². The van der Waals surface area contributed by atoms with Gasteiger partial charge in [0, 0.05) is 19.3 Å². The second-order valence-electron chi connectivity index (χ2n) is 20.6. The first kappa shape index (κ1) is 71.8. The second kappa shape index (κ2) is 63.3. The van der Waals surface area contributed by atoms with Gasteiger partial charge in [0.15, 0.2) is 6.10 Å². The molecule has 0 N–H and O–H groups in total. The molecular weight excluding hydrogens is 937 g/mol. The Balaban J connectivity index is 4.33. The maximum Gasteiger partial charge on any atom is 0.306 e. The van der Waals surface area contributed by atoms with Crippen molar-refractivity contribution in [2.75, 3.05) is 13.2 Å². The fourth-order valence-electron chi connectivity index (χ4n) is 8.45. The van der Waals surface area contributed by atoms with E-state index in [1.165, 1.54) is 116 Å². The number of carbonyl (C=O) groups is 3. The minimum atomic E-state index is -0.794. The molecule has 1 atom stereocenters. The molecule has 0 aromatic heterocycles. The molecule has 0 amide bonds. The molecule has 0 fully saturated rings. The lowest BCUT2D eigenvalue weighted by atomic mass is 10.1. The van der Waals surface area contributed by atoms with Crippen molar-refractivity contribution in [1.29, 1.82) is 0 Å². The lowest BCUT2D eigenvalue weighted by Gasteiger charge is -2.18. The summed E-state index contributed by atoms with van der Waals surface area (Å²) in [6.45, 7) is 6.46. The summed E-state index contributed by atoms with van der Waals surface area (Å²) in [6, 6.07) is 0. The van der Waals surface area contributed by atoms with E-state index in [2.05, 4.69) is 142 Å². The average Bonchev–Trinajstić information content (AvgIpc) is 3.42. The van der Waals surface area contributed by atoms with Gasteiger partial charge in [0.25, 0.3) is 0 Å². The average molecular weight is 1050 g/mol. The molecule has 0 aliphatic carbocycles. The molecule has 0 saturated heterocycles. The first-order valence-corrected chi connectivity index (χ1v) is 31.5. The minimum absolute atomic E-state index is 0.0906. The van der Waals surface area contributed by atoms with Crippen LogP contribution in [0.25, 0.3) is 0 Å². The number of hydrogen-bond acceptors (Lipinski definition) is 6. The van der Waals surface area contributed by atoms with Gasteiger partial charge in [0.05, 0.1) is 0 Å². The predicted molar refractivity (Wildman–Crippen MR) is 330 cm³/mol. The van der Waals surface area contributed by atoms with E-state index in [-0.39, 0.29) is 31.1 Å². The van der Waals surface area contributed by atoms with E-state index in [4.69, 9.17) is 14.2 Å². The molecular formula is C70H116O6. The third-order valence-electron chi connectivity index (χ3n) is 13.2. The van der Waals surface area contributed by atoms with Crippen LogP contribution in [0.1, 0.15) is 284 Å². The van der Waals surface area contributed by atoms with Crippen molar-refractivity contribution >= 4 is 17.9 Å². The van der Waals surface area contributed by atoms with Gasteiger partial charge in [0.2, 0.25) is 0 Å². The van der Waals surface area contributed by atoms with Gasteiger partial charge >= 0.3 is 17.9 Å². The fraction of sp³-hybridized carbons (Fsp3) is 0.671. The Hall–Kier alpha value is -4.19. The minimum Gasteiger partial charge on any atom is -0.462 e. The lowest BCUT2D eigenvalue weighted by Crippen LogP contribution is -2.30. The highest BCUT2D eigenvalue weighted by molar-refractivity contribution is 5.71. The Morgan fingerprint density at radius 2 is 0.513 bits per heavy atom. The van der Waals surface area contributed by atoms with Crippen molar-refractivity contribution in [2.45, 2.75) is 290 Å². The maximum atomic E-state index is 12.9. The largest absolute Gasteiger partial charge is 0.462 e. The highest BCUT2D eigenvalue weighted by atomic mass is 16.6. The molecule has 6 nitrogen and oxygen atoms in total. The van der Waals surface area contributed by atoms with Crippen LogP contribution in [0.3, 0.4) is 0 Å². The maximum absolute atomic E-state index is 12.9. The summed E-state index contributed by atoms with van der Waals surface area (Å²) < 4.78 is 16.9. The van der Waals surface area contributed by atoms with Crippen molar-refractivity contribution in [3.63, 3.8) is 0 Å². The van der Waals surface area contributed by atoms with E-state index < -0.39 is 6.10 Å². The van der Waals surface area contributed by atoms with Crippen molar-refractivity contribution in [2.24, 2.45) is 0 Å². The molecule has 0 aliphatic rings. The monoisotopic (exact) mass is 1050 g/mol. The number of allylic oxidation sites excluding steroid dienone is 20. The van der Waals surface area contributed by atoms with E-state index in [0.717, 1.165) is 128 Å². The smallest absolute Gasteiger partial charge is 0.306 e. The van der Waals surface area contributed by atoms with Gasteiger partial charge in [-0.25, -0.2) is 0 Å². The molecule has 0 spiro atoms. The predicted octanol–water partition coefficient (Wildman–Crippen LogP) is 21.6. The molecule has 0 bridgehead atoms.